The molecule has 152 valence electrons. The number of rotatable bonds is 6. The summed E-state index contributed by atoms with van der Waals surface area (Å²) in [5.74, 6) is 1.50. The maximum Gasteiger partial charge on any atom is 0.314 e. The molecule has 0 fully saturated rings. The lowest BCUT2D eigenvalue weighted by molar-refractivity contribution is -0.140. The Morgan fingerprint density at radius 3 is 2.04 bits per heavy atom. The molecule has 1 aliphatic heterocycles. The van der Waals surface area contributed by atoms with Crippen molar-refractivity contribution in [1.29, 1.82) is 0 Å². The van der Waals surface area contributed by atoms with E-state index in [0.29, 0.717) is 17.2 Å². The number of ether oxygens (including phenoxy) is 3. The van der Waals surface area contributed by atoms with E-state index < -0.39 is 22.6 Å². The molecule has 2 rings (SSSR count). The molecule has 1 aliphatic rings. The SMILES string of the molecule is COc1cc2c(c(OC)c1OC)C(C(=O)O[Si](C)(C)C)N([Si](C)(C)C)CC2. The van der Waals surface area contributed by atoms with Crippen LogP contribution in [0.25, 0.3) is 0 Å². The predicted molar refractivity (Wildman–Crippen MR) is 112 cm³/mol. The quantitative estimate of drug-likeness (QED) is 0.663. The van der Waals surface area contributed by atoms with Crippen LogP contribution in [0.2, 0.25) is 39.3 Å². The van der Waals surface area contributed by atoms with Gasteiger partial charge in [0, 0.05) is 5.56 Å². The van der Waals surface area contributed by atoms with Crippen LogP contribution >= 0.6 is 0 Å². The molecule has 0 bridgehead atoms. The van der Waals surface area contributed by atoms with Gasteiger partial charge in [0.1, 0.15) is 14.3 Å². The topological polar surface area (TPSA) is 57.2 Å². The van der Waals surface area contributed by atoms with Crippen molar-refractivity contribution in [1.82, 2.24) is 4.57 Å². The first-order chi connectivity index (χ1) is 12.4. The molecule has 27 heavy (non-hydrogen) atoms. The van der Waals surface area contributed by atoms with E-state index in [9.17, 15) is 4.79 Å². The second-order valence-electron chi connectivity index (χ2n) is 8.77. The molecule has 0 amide bonds. The number of carbonyl (C=O) groups is 1. The number of hydrogen-bond acceptors (Lipinski definition) is 6. The molecule has 1 heterocycles. The van der Waals surface area contributed by atoms with E-state index in [0.717, 1.165) is 24.1 Å². The molecule has 0 saturated heterocycles. The highest BCUT2D eigenvalue weighted by Crippen LogP contribution is 2.48. The van der Waals surface area contributed by atoms with Crippen molar-refractivity contribution in [3.8, 4) is 17.2 Å². The van der Waals surface area contributed by atoms with Gasteiger partial charge in [-0.1, -0.05) is 19.6 Å². The Morgan fingerprint density at radius 2 is 1.59 bits per heavy atom. The summed E-state index contributed by atoms with van der Waals surface area (Å²) in [5, 5.41) is 0. The fourth-order valence-corrected chi connectivity index (χ4v) is 6.09. The van der Waals surface area contributed by atoms with Crippen LogP contribution in [0.4, 0.5) is 0 Å². The van der Waals surface area contributed by atoms with Gasteiger partial charge >= 0.3 is 5.97 Å². The Hall–Kier alpha value is -1.52. The van der Waals surface area contributed by atoms with Gasteiger partial charge in [0.15, 0.2) is 11.5 Å². The molecule has 0 radical (unpaired) electrons. The number of fused-ring (bicyclic) bond motifs is 1. The van der Waals surface area contributed by atoms with Crippen LogP contribution in [0.15, 0.2) is 6.07 Å². The minimum absolute atomic E-state index is 0.192. The van der Waals surface area contributed by atoms with Gasteiger partial charge in [0.05, 0.1) is 21.3 Å². The second-order valence-corrected chi connectivity index (χ2v) is 18.1. The third kappa shape index (κ3) is 4.49. The zero-order valence-corrected chi connectivity index (χ0v) is 20.1. The average Bonchev–Trinajstić information content (AvgIpc) is 2.56. The summed E-state index contributed by atoms with van der Waals surface area (Å²) >= 11 is 0. The van der Waals surface area contributed by atoms with Crippen molar-refractivity contribution >= 4 is 22.5 Å². The first-order valence-electron chi connectivity index (χ1n) is 9.26. The lowest BCUT2D eigenvalue weighted by atomic mass is 9.92. The van der Waals surface area contributed by atoms with Gasteiger partial charge in [-0.15, -0.1) is 0 Å². The smallest absolute Gasteiger partial charge is 0.314 e. The molecule has 0 N–H and O–H groups in total. The lowest BCUT2D eigenvalue weighted by Gasteiger charge is -2.44. The van der Waals surface area contributed by atoms with Gasteiger partial charge in [0.2, 0.25) is 14.1 Å². The van der Waals surface area contributed by atoms with E-state index in [1.807, 2.05) is 25.7 Å². The molecule has 0 saturated carbocycles. The van der Waals surface area contributed by atoms with Crippen molar-refractivity contribution in [2.45, 2.75) is 51.7 Å². The van der Waals surface area contributed by atoms with Gasteiger partial charge < -0.3 is 23.2 Å². The van der Waals surface area contributed by atoms with Gasteiger partial charge in [-0.25, -0.2) is 0 Å². The zero-order chi connectivity index (χ0) is 20.6. The zero-order valence-electron chi connectivity index (χ0n) is 18.1. The average molecular weight is 412 g/mol. The number of methoxy groups -OCH3 is 3. The molecule has 1 aromatic carbocycles. The van der Waals surface area contributed by atoms with Crippen LogP contribution in [-0.2, 0) is 15.6 Å². The number of carbonyl (C=O) groups excluding carboxylic acids is 1. The van der Waals surface area contributed by atoms with Crippen molar-refractivity contribution in [3.63, 3.8) is 0 Å². The normalized spacial score (nSPS) is 17.9. The van der Waals surface area contributed by atoms with E-state index in [4.69, 9.17) is 18.6 Å². The van der Waals surface area contributed by atoms with Crippen LogP contribution in [0, 0.1) is 0 Å². The largest absolute Gasteiger partial charge is 0.519 e. The molecule has 1 unspecified atom stereocenters. The summed E-state index contributed by atoms with van der Waals surface area (Å²) in [4.78, 5) is 13.3. The Labute approximate surface area is 165 Å². The summed E-state index contributed by atoms with van der Waals surface area (Å²) in [7, 11) is 0.967. The molecule has 0 aliphatic carbocycles. The van der Waals surface area contributed by atoms with E-state index in [1.165, 1.54) is 0 Å². The molecular weight excluding hydrogens is 378 g/mol. The van der Waals surface area contributed by atoms with Crippen molar-refractivity contribution < 1.29 is 23.4 Å². The third-order valence-corrected chi connectivity index (χ3v) is 7.67. The number of hydrogen-bond donors (Lipinski definition) is 0. The third-order valence-electron chi connectivity index (χ3n) is 4.65. The van der Waals surface area contributed by atoms with Crippen LogP contribution < -0.4 is 14.2 Å². The highest BCUT2D eigenvalue weighted by atomic mass is 28.4. The predicted octanol–water partition coefficient (Wildman–Crippen LogP) is 3.82. The van der Waals surface area contributed by atoms with E-state index in [1.54, 1.807) is 21.3 Å². The Morgan fingerprint density at radius 1 is 1.00 bits per heavy atom. The summed E-state index contributed by atoms with van der Waals surface area (Å²) in [6.45, 7) is 13.6. The van der Waals surface area contributed by atoms with Crippen LogP contribution in [0.5, 0.6) is 17.2 Å². The minimum atomic E-state index is -2.04. The molecule has 6 nitrogen and oxygen atoms in total. The van der Waals surface area contributed by atoms with Crippen molar-refractivity contribution in [2.24, 2.45) is 0 Å². The van der Waals surface area contributed by atoms with E-state index in [-0.39, 0.29) is 5.97 Å². The first kappa shape index (κ1) is 21.8. The van der Waals surface area contributed by atoms with Crippen molar-refractivity contribution in [3.05, 3.63) is 17.2 Å². The first-order valence-corrected chi connectivity index (χ1v) is 16.1. The molecule has 1 aromatic rings. The minimum Gasteiger partial charge on any atom is -0.519 e. The maximum atomic E-state index is 13.3. The fourth-order valence-electron chi connectivity index (χ4n) is 3.59. The maximum absolute atomic E-state index is 13.3. The number of nitrogens with zero attached hydrogens (tertiary/aromatic N) is 1. The summed E-state index contributed by atoms with van der Waals surface area (Å²) in [5.41, 5.74) is 1.91. The Balaban J connectivity index is 2.72. The Bertz CT molecular complexity index is 710. The van der Waals surface area contributed by atoms with Crippen LogP contribution in [0.3, 0.4) is 0 Å². The van der Waals surface area contributed by atoms with Gasteiger partial charge in [0.25, 0.3) is 0 Å². The van der Waals surface area contributed by atoms with Gasteiger partial charge in [-0.2, -0.15) is 0 Å². The molecule has 1 atom stereocenters. The van der Waals surface area contributed by atoms with Gasteiger partial charge in [-0.3, -0.25) is 4.79 Å². The molecule has 0 spiro atoms. The standard InChI is InChI=1S/C19H33NO5Si2/c1-22-14-12-13-10-11-20(26(4,5)6)16(19(21)25-27(7,8)9)15(13)18(24-3)17(14)23-2/h12,16H,10-11H2,1-9H3. The highest BCUT2D eigenvalue weighted by Gasteiger charge is 2.44. The second kappa shape index (κ2) is 7.85. The molecule has 0 aromatic heterocycles. The monoisotopic (exact) mass is 411 g/mol. The van der Waals surface area contributed by atoms with E-state index >= 15 is 0 Å². The fraction of sp³-hybridized carbons (Fsp3) is 0.632. The highest BCUT2D eigenvalue weighted by molar-refractivity contribution is 6.74. The molecular formula is C19H33NO5Si2. The van der Waals surface area contributed by atoms with E-state index in [2.05, 4.69) is 24.2 Å². The lowest BCUT2D eigenvalue weighted by Crippen LogP contribution is -2.54. The van der Waals surface area contributed by atoms with Crippen LogP contribution in [-0.4, -0.2) is 55.0 Å². The summed E-state index contributed by atoms with van der Waals surface area (Å²) in [6.07, 6.45) is 0.826. The summed E-state index contributed by atoms with van der Waals surface area (Å²) < 4.78 is 25.1. The Kier molecular flexibility index (Phi) is 6.33. The van der Waals surface area contributed by atoms with Crippen LogP contribution in [0.1, 0.15) is 17.2 Å². The number of benzene rings is 1. The van der Waals surface area contributed by atoms with Crippen molar-refractivity contribution in [2.75, 3.05) is 27.9 Å². The molecule has 8 heteroatoms. The van der Waals surface area contributed by atoms with Gasteiger partial charge in [-0.05, 0) is 44.2 Å². The summed E-state index contributed by atoms with van der Waals surface area (Å²) in [6, 6.07) is 1.48.